The number of sulfonamides is 1. The highest BCUT2D eigenvalue weighted by atomic mass is 35.5. The average Bonchev–Trinajstić information content (AvgIpc) is 3.12. The fourth-order valence-electron chi connectivity index (χ4n) is 2.14. The molecule has 0 unspecified atom stereocenters. The van der Waals surface area contributed by atoms with Gasteiger partial charge in [0.1, 0.15) is 11.5 Å². The number of aromatic nitrogens is 2. The van der Waals surface area contributed by atoms with E-state index >= 15 is 0 Å². The Kier molecular flexibility index (Phi) is 5.03. The normalized spacial score (nSPS) is 11.3. The average molecular weight is 395 g/mol. The summed E-state index contributed by atoms with van der Waals surface area (Å²) in [4.78, 5) is 17.9. The Bertz CT molecular complexity index is 1050. The van der Waals surface area contributed by atoms with Crippen LogP contribution in [0.15, 0.2) is 66.0 Å². The molecular weight excluding hydrogens is 383 g/mol. The number of benzene rings is 2. The van der Waals surface area contributed by atoms with E-state index in [4.69, 9.17) is 11.6 Å². The Morgan fingerprint density at radius 2 is 1.88 bits per heavy atom. The standard InChI is InChI=1S/C16H12ClFN4O3S/c17-13-8-12(6-7-14(13)18)26(24,25)21-20-16(23)15-9-19-10-22(15)11-4-2-1-3-5-11/h1-10,21H,(H,20,23). The fraction of sp³-hybridized carbons (Fsp3) is 0. The zero-order valence-electron chi connectivity index (χ0n) is 13.1. The molecule has 7 nitrogen and oxygen atoms in total. The molecule has 3 rings (SSSR count). The van der Waals surface area contributed by atoms with Crippen molar-refractivity contribution in [3.63, 3.8) is 0 Å². The van der Waals surface area contributed by atoms with Gasteiger partial charge in [-0.2, -0.15) is 0 Å². The number of halogens is 2. The van der Waals surface area contributed by atoms with Crippen molar-refractivity contribution in [3.8, 4) is 5.69 Å². The molecule has 134 valence electrons. The summed E-state index contributed by atoms with van der Waals surface area (Å²) in [5.41, 5.74) is 2.90. The molecule has 0 saturated heterocycles. The molecular formula is C16H12ClFN4O3S. The van der Waals surface area contributed by atoms with E-state index in [0.717, 1.165) is 18.2 Å². The molecule has 26 heavy (non-hydrogen) atoms. The first kappa shape index (κ1) is 18.1. The van der Waals surface area contributed by atoms with Gasteiger partial charge >= 0.3 is 0 Å². The predicted molar refractivity (Wildman–Crippen MR) is 92.8 cm³/mol. The number of nitrogens with one attached hydrogen (secondary N) is 2. The van der Waals surface area contributed by atoms with Crippen LogP contribution in [0.25, 0.3) is 5.69 Å². The summed E-state index contributed by atoms with van der Waals surface area (Å²) >= 11 is 5.59. The van der Waals surface area contributed by atoms with Gasteiger partial charge in [-0.05, 0) is 30.3 Å². The second kappa shape index (κ2) is 7.24. The van der Waals surface area contributed by atoms with E-state index < -0.39 is 21.7 Å². The summed E-state index contributed by atoms with van der Waals surface area (Å²) in [6.45, 7) is 0. The van der Waals surface area contributed by atoms with Crippen LogP contribution in [0.3, 0.4) is 0 Å². The molecule has 0 fully saturated rings. The van der Waals surface area contributed by atoms with Crippen molar-refractivity contribution in [3.05, 3.63) is 77.6 Å². The largest absolute Gasteiger partial charge is 0.295 e. The lowest BCUT2D eigenvalue weighted by Gasteiger charge is -2.10. The number of amides is 1. The van der Waals surface area contributed by atoms with E-state index in [1.54, 1.807) is 24.3 Å². The number of hydrogen-bond acceptors (Lipinski definition) is 4. The van der Waals surface area contributed by atoms with Crippen molar-refractivity contribution in [1.29, 1.82) is 0 Å². The Morgan fingerprint density at radius 1 is 1.15 bits per heavy atom. The minimum atomic E-state index is -4.13. The third kappa shape index (κ3) is 3.74. The first-order valence-electron chi connectivity index (χ1n) is 7.23. The monoisotopic (exact) mass is 394 g/mol. The van der Waals surface area contributed by atoms with Crippen LogP contribution in [0.4, 0.5) is 4.39 Å². The van der Waals surface area contributed by atoms with Crippen LogP contribution >= 0.6 is 11.6 Å². The smallest absolute Gasteiger partial charge is 0.284 e. The van der Waals surface area contributed by atoms with Crippen LogP contribution in [0.2, 0.25) is 5.02 Å². The molecule has 3 aromatic rings. The number of hydrazine groups is 1. The maximum absolute atomic E-state index is 13.2. The zero-order valence-corrected chi connectivity index (χ0v) is 14.6. The minimum Gasteiger partial charge on any atom is -0.295 e. The molecule has 2 aromatic carbocycles. The molecule has 0 radical (unpaired) electrons. The van der Waals surface area contributed by atoms with E-state index in [-0.39, 0.29) is 15.6 Å². The number of nitrogens with zero attached hydrogens (tertiary/aromatic N) is 2. The van der Waals surface area contributed by atoms with Gasteiger partial charge in [-0.25, -0.2) is 17.8 Å². The van der Waals surface area contributed by atoms with Gasteiger partial charge in [0.25, 0.3) is 15.9 Å². The molecule has 2 N–H and O–H groups in total. The highest BCUT2D eigenvalue weighted by Gasteiger charge is 2.19. The minimum absolute atomic E-state index is 0.121. The summed E-state index contributed by atoms with van der Waals surface area (Å²) in [5, 5.41) is -0.346. The third-order valence-corrected chi connectivity index (χ3v) is 4.94. The topological polar surface area (TPSA) is 93.1 Å². The van der Waals surface area contributed by atoms with E-state index in [1.807, 2.05) is 10.9 Å². The van der Waals surface area contributed by atoms with Crippen molar-refractivity contribution in [2.24, 2.45) is 0 Å². The van der Waals surface area contributed by atoms with Gasteiger partial charge < -0.3 is 0 Å². The van der Waals surface area contributed by atoms with Gasteiger partial charge in [-0.1, -0.05) is 29.8 Å². The molecule has 0 spiro atoms. The van der Waals surface area contributed by atoms with Crippen molar-refractivity contribution in [1.82, 2.24) is 19.8 Å². The van der Waals surface area contributed by atoms with Gasteiger partial charge in [0, 0.05) is 5.69 Å². The van der Waals surface area contributed by atoms with E-state index in [0.29, 0.717) is 5.69 Å². The van der Waals surface area contributed by atoms with Gasteiger partial charge in [-0.15, -0.1) is 4.83 Å². The van der Waals surface area contributed by atoms with Crippen LogP contribution in [-0.2, 0) is 10.0 Å². The van der Waals surface area contributed by atoms with Gasteiger partial charge in [0.15, 0.2) is 0 Å². The molecule has 0 aliphatic rings. The summed E-state index contributed by atoms with van der Waals surface area (Å²) < 4.78 is 39.1. The SMILES string of the molecule is O=C(NNS(=O)(=O)c1ccc(F)c(Cl)c1)c1cncn1-c1ccccc1. The first-order valence-corrected chi connectivity index (χ1v) is 9.09. The highest BCUT2D eigenvalue weighted by molar-refractivity contribution is 7.89. The molecule has 0 saturated carbocycles. The molecule has 0 aliphatic carbocycles. The molecule has 1 aromatic heterocycles. The van der Waals surface area contributed by atoms with E-state index in [2.05, 4.69) is 10.4 Å². The van der Waals surface area contributed by atoms with E-state index in [9.17, 15) is 17.6 Å². The second-order valence-corrected chi connectivity index (χ2v) is 7.21. The van der Waals surface area contributed by atoms with Gasteiger partial charge in [0.05, 0.1) is 22.4 Å². The molecule has 0 aliphatic heterocycles. The summed E-state index contributed by atoms with van der Waals surface area (Å²) in [5.74, 6) is -1.47. The van der Waals surface area contributed by atoms with E-state index in [1.165, 1.54) is 17.1 Å². The number of carbonyl (C=O) groups excluding carboxylic acids is 1. The van der Waals surface area contributed by atoms with Crippen LogP contribution in [0, 0.1) is 5.82 Å². The number of para-hydroxylation sites is 1. The predicted octanol–water partition coefficient (Wildman–Crippen LogP) is 2.29. The number of carbonyl (C=O) groups is 1. The third-order valence-electron chi connectivity index (χ3n) is 3.41. The zero-order chi connectivity index (χ0) is 18.7. The lowest BCUT2D eigenvalue weighted by atomic mass is 10.3. The summed E-state index contributed by atoms with van der Waals surface area (Å²) in [7, 11) is -4.13. The van der Waals surface area contributed by atoms with Crippen molar-refractivity contribution >= 4 is 27.5 Å². The number of imidazole rings is 1. The Labute approximate surface area is 153 Å². The van der Waals surface area contributed by atoms with Crippen molar-refractivity contribution in [2.75, 3.05) is 0 Å². The van der Waals surface area contributed by atoms with Gasteiger partial charge in [0.2, 0.25) is 0 Å². The molecule has 10 heteroatoms. The molecule has 1 heterocycles. The molecule has 1 amide bonds. The Balaban J connectivity index is 1.77. The maximum atomic E-state index is 13.2. The molecule has 0 bridgehead atoms. The number of hydrogen-bond donors (Lipinski definition) is 2. The lowest BCUT2D eigenvalue weighted by Crippen LogP contribution is -2.42. The second-order valence-electron chi connectivity index (χ2n) is 5.12. The summed E-state index contributed by atoms with van der Waals surface area (Å²) in [6.07, 6.45) is 2.73. The quantitative estimate of drug-likeness (QED) is 0.649. The van der Waals surface area contributed by atoms with Crippen molar-refractivity contribution < 1.29 is 17.6 Å². The number of rotatable bonds is 5. The van der Waals surface area contributed by atoms with Crippen LogP contribution < -0.4 is 10.3 Å². The lowest BCUT2D eigenvalue weighted by molar-refractivity contribution is 0.0938. The fourth-order valence-corrected chi connectivity index (χ4v) is 3.25. The van der Waals surface area contributed by atoms with Crippen LogP contribution in [0.5, 0.6) is 0 Å². The van der Waals surface area contributed by atoms with Crippen molar-refractivity contribution in [2.45, 2.75) is 4.90 Å². The maximum Gasteiger partial charge on any atom is 0.284 e. The first-order chi connectivity index (χ1) is 12.4. The Morgan fingerprint density at radius 3 is 2.58 bits per heavy atom. The highest BCUT2D eigenvalue weighted by Crippen LogP contribution is 2.19. The van der Waals surface area contributed by atoms with Crippen LogP contribution in [-0.4, -0.2) is 23.9 Å². The molecule has 0 atom stereocenters. The van der Waals surface area contributed by atoms with Crippen LogP contribution in [0.1, 0.15) is 10.5 Å². The Hall–Kier alpha value is -2.75. The summed E-state index contributed by atoms with van der Waals surface area (Å²) in [6, 6.07) is 11.8. The van der Waals surface area contributed by atoms with Gasteiger partial charge in [-0.3, -0.25) is 14.8 Å².